The largest absolute Gasteiger partial charge is 0.490 e. The summed E-state index contributed by atoms with van der Waals surface area (Å²) in [4.78, 5) is 17.5. The molecule has 1 saturated heterocycles. The quantitative estimate of drug-likeness (QED) is 0.255. The molecular weight excluding hydrogens is 533 g/mol. The molecule has 7 heteroatoms. The zero-order valence-corrected chi connectivity index (χ0v) is 26.5. The molecule has 5 nitrogen and oxygen atoms in total. The van der Waals surface area contributed by atoms with E-state index in [0.29, 0.717) is 36.8 Å². The molecule has 2 aliphatic rings. The van der Waals surface area contributed by atoms with Gasteiger partial charge in [-0.05, 0) is 96.9 Å². The van der Waals surface area contributed by atoms with Gasteiger partial charge < -0.3 is 14.1 Å². The lowest BCUT2D eigenvalue weighted by Gasteiger charge is -2.37. The fraction of sp³-hybridized carbons (Fsp3) is 0.455. The number of amides is 1. The van der Waals surface area contributed by atoms with Crippen LogP contribution in [0.1, 0.15) is 63.8 Å². The number of rotatable bonds is 8. The average Bonchev–Trinajstić information content (AvgIpc) is 3.58. The third-order valence-electron chi connectivity index (χ3n) is 8.76. The summed E-state index contributed by atoms with van der Waals surface area (Å²) in [6, 6.07) is 19.2. The van der Waals surface area contributed by atoms with Crippen molar-refractivity contribution >= 4 is 25.6 Å². The smallest absolute Gasteiger partial charge is 0.223 e. The van der Waals surface area contributed by atoms with Gasteiger partial charge in [-0.25, -0.2) is 0 Å². The number of carbonyl (C=O) groups excluding carboxylic acids is 1. The number of likely N-dealkylation sites (tertiary alicyclic amines) is 1. The number of ether oxygens (including phenoxy) is 1. The second-order valence-electron chi connectivity index (χ2n) is 12.8. The Labute approximate surface area is 243 Å². The molecule has 2 atom stereocenters. The summed E-state index contributed by atoms with van der Waals surface area (Å²) in [5, 5.41) is 9.83. The molecule has 0 saturated carbocycles. The summed E-state index contributed by atoms with van der Waals surface area (Å²) in [5.41, 5.74) is 5.49. The van der Waals surface area contributed by atoms with E-state index in [4.69, 9.17) is 9.16 Å². The number of hydrogen-bond donors (Lipinski definition) is 0. The lowest BCUT2D eigenvalue weighted by atomic mass is 10.0. The molecule has 1 aliphatic carbocycles. The first-order chi connectivity index (χ1) is 18.9. The Bertz CT molecular complexity index is 1460. The Balaban J connectivity index is 1.38. The topological polar surface area (TPSA) is 62.6 Å². The molecule has 5 rings (SSSR count). The van der Waals surface area contributed by atoms with Gasteiger partial charge in [-0.3, -0.25) is 4.79 Å². The van der Waals surface area contributed by atoms with E-state index in [1.807, 2.05) is 32.0 Å². The molecule has 0 bridgehead atoms. The molecular formula is C33H40N2O3SSi. The third kappa shape index (κ3) is 5.37. The molecule has 210 valence electrons. The van der Waals surface area contributed by atoms with Gasteiger partial charge in [0, 0.05) is 22.7 Å². The number of fused-ring (bicyclic) bond motifs is 3. The summed E-state index contributed by atoms with van der Waals surface area (Å²) in [7, 11) is -1.86. The van der Waals surface area contributed by atoms with Crippen molar-refractivity contribution in [3.05, 3.63) is 65.2 Å². The van der Waals surface area contributed by atoms with Crippen LogP contribution in [0.15, 0.2) is 48.5 Å². The minimum Gasteiger partial charge on any atom is -0.490 e. The highest BCUT2D eigenvalue weighted by atomic mass is 32.1. The van der Waals surface area contributed by atoms with Crippen LogP contribution >= 0.6 is 11.3 Å². The van der Waals surface area contributed by atoms with Crippen molar-refractivity contribution in [2.75, 3.05) is 13.2 Å². The van der Waals surface area contributed by atoms with E-state index >= 15 is 0 Å². The van der Waals surface area contributed by atoms with E-state index in [9.17, 15) is 10.1 Å². The van der Waals surface area contributed by atoms with Crippen LogP contribution in [-0.2, 0) is 15.6 Å². The van der Waals surface area contributed by atoms with Gasteiger partial charge in [0.05, 0.1) is 24.3 Å². The maximum atomic E-state index is 13.1. The van der Waals surface area contributed by atoms with Gasteiger partial charge in [0.15, 0.2) is 8.32 Å². The lowest BCUT2D eigenvalue weighted by Crippen LogP contribution is -2.43. The Morgan fingerprint density at radius 1 is 1.10 bits per heavy atom. The van der Waals surface area contributed by atoms with Crippen LogP contribution in [0.5, 0.6) is 5.75 Å². The average molecular weight is 573 g/mol. The van der Waals surface area contributed by atoms with Crippen molar-refractivity contribution < 1.29 is 14.0 Å². The molecule has 2 aromatic carbocycles. The molecule has 1 aromatic heterocycles. The molecule has 0 radical (unpaired) electrons. The van der Waals surface area contributed by atoms with Crippen molar-refractivity contribution in [3.63, 3.8) is 0 Å². The van der Waals surface area contributed by atoms with Crippen molar-refractivity contribution in [2.24, 2.45) is 5.92 Å². The SMILES string of the molecule is CC(C)Oc1ccc(-c2ccc(-c3cccc4c3CC3CC(=O)N(CCO[Si](C)(C)C(C)(C)C)C43)s2)cc1C#N. The Morgan fingerprint density at radius 3 is 2.55 bits per heavy atom. The monoisotopic (exact) mass is 572 g/mol. The first kappa shape index (κ1) is 28.6. The first-order valence-electron chi connectivity index (χ1n) is 14.3. The van der Waals surface area contributed by atoms with E-state index in [-0.39, 0.29) is 23.1 Å². The molecule has 3 aromatic rings. The highest BCUT2D eigenvalue weighted by Crippen LogP contribution is 2.50. The highest BCUT2D eigenvalue weighted by molar-refractivity contribution is 7.18. The summed E-state index contributed by atoms with van der Waals surface area (Å²) >= 11 is 1.75. The number of nitriles is 1. The molecule has 1 amide bonds. The minimum atomic E-state index is -1.86. The van der Waals surface area contributed by atoms with Crippen molar-refractivity contribution in [2.45, 2.75) is 77.7 Å². The predicted octanol–water partition coefficient (Wildman–Crippen LogP) is 8.21. The number of nitrogens with zero attached hydrogens (tertiary/aromatic N) is 2. The van der Waals surface area contributed by atoms with E-state index in [1.165, 1.54) is 21.6 Å². The van der Waals surface area contributed by atoms with Crippen LogP contribution in [0.4, 0.5) is 0 Å². The molecule has 2 heterocycles. The van der Waals surface area contributed by atoms with Crippen molar-refractivity contribution in [3.8, 4) is 32.7 Å². The first-order valence-corrected chi connectivity index (χ1v) is 18.0. The Morgan fingerprint density at radius 2 is 1.85 bits per heavy atom. The molecule has 0 spiro atoms. The number of benzene rings is 2. The van der Waals surface area contributed by atoms with E-state index in [2.05, 4.69) is 75.2 Å². The fourth-order valence-electron chi connectivity index (χ4n) is 5.72. The third-order valence-corrected chi connectivity index (χ3v) is 14.5. The van der Waals surface area contributed by atoms with Gasteiger partial charge in [0.1, 0.15) is 11.8 Å². The van der Waals surface area contributed by atoms with Crippen LogP contribution in [0, 0.1) is 17.2 Å². The van der Waals surface area contributed by atoms with E-state index in [0.717, 1.165) is 16.9 Å². The number of carbonyl (C=O) groups is 1. The van der Waals surface area contributed by atoms with Crippen molar-refractivity contribution in [1.82, 2.24) is 4.90 Å². The normalized spacial score (nSPS) is 18.7. The van der Waals surface area contributed by atoms with Gasteiger partial charge in [0.25, 0.3) is 0 Å². The highest BCUT2D eigenvalue weighted by Gasteiger charge is 2.46. The number of hydrogen-bond acceptors (Lipinski definition) is 5. The number of thiophene rings is 1. The molecule has 0 N–H and O–H groups in total. The van der Waals surface area contributed by atoms with Crippen LogP contribution in [0.3, 0.4) is 0 Å². The zero-order valence-electron chi connectivity index (χ0n) is 24.7. The van der Waals surface area contributed by atoms with Crippen LogP contribution in [0.25, 0.3) is 20.9 Å². The molecule has 1 aliphatic heterocycles. The lowest BCUT2D eigenvalue weighted by molar-refractivity contribution is -0.129. The fourth-order valence-corrected chi connectivity index (χ4v) is 7.81. The minimum absolute atomic E-state index is 0.0156. The Kier molecular flexibility index (Phi) is 7.73. The molecule has 2 unspecified atom stereocenters. The van der Waals surface area contributed by atoms with Gasteiger partial charge in [0.2, 0.25) is 5.91 Å². The summed E-state index contributed by atoms with van der Waals surface area (Å²) in [5.74, 6) is 1.20. The standard InChI is InChI=1S/C33H40N2O3SSi/c1-21(2)38-28-12-11-22(17-24(28)20-34)29-13-14-30(39-29)25-9-8-10-26-27(25)18-23-19-31(36)35(32(23)26)15-16-37-40(6,7)33(3,4)5/h8-14,17,21,23,32H,15-16,18-19H2,1-7H3. The van der Waals surface area contributed by atoms with Gasteiger partial charge >= 0.3 is 0 Å². The van der Waals surface area contributed by atoms with E-state index in [1.54, 1.807) is 11.3 Å². The second kappa shape index (κ2) is 10.8. The predicted molar refractivity (Wildman–Crippen MR) is 165 cm³/mol. The van der Waals surface area contributed by atoms with Crippen LogP contribution in [0.2, 0.25) is 18.1 Å². The summed E-state index contributed by atoms with van der Waals surface area (Å²) in [6.45, 7) is 16.5. The maximum absolute atomic E-state index is 13.1. The van der Waals surface area contributed by atoms with Gasteiger partial charge in [-0.15, -0.1) is 11.3 Å². The van der Waals surface area contributed by atoms with Gasteiger partial charge in [-0.1, -0.05) is 39.0 Å². The molecule has 40 heavy (non-hydrogen) atoms. The second-order valence-corrected chi connectivity index (χ2v) is 18.7. The molecule has 1 fully saturated rings. The Hall–Kier alpha value is -2.92. The summed E-state index contributed by atoms with van der Waals surface area (Å²) in [6.07, 6.45) is 1.55. The summed E-state index contributed by atoms with van der Waals surface area (Å²) < 4.78 is 12.2. The van der Waals surface area contributed by atoms with Crippen molar-refractivity contribution in [1.29, 1.82) is 5.26 Å². The maximum Gasteiger partial charge on any atom is 0.223 e. The zero-order chi connectivity index (χ0) is 28.8. The van der Waals surface area contributed by atoms with Crippen LogP contribution in [-0.4, -0.2) is 38.4 Å². The van der Waals surface area contributed by atoms with Gasteiger partial charge in [-0.2, -0.15) is 5.26 Å². The van der Waals surface area contributed by atoms with Crippen LogP contribution < -0.4 is 4.74 Å². The van der Waals surface area contributed by atoms with E-state index < -0.39 is 8.32 Å².